The van der Waals surface area contributed by atoms with Crippen LogP contribution in [0.2, 0.25) is 0 Å². The summed E-state index contributed by atoms with van der Waals surface area (Å²) in [4.78, 5) is 30.1. The molecule has 1 aliphatic carbocycles. The molecule has 0 aromatic heterocycles. The summed E-state index contributed by atoms with van der Waals surface area (Å²) in [6.07, 6.45) is 0.783. The van der Waals surface area contributed by atoms with Gasteiger partial charge in [-0.2, -0.15) is 0 Å². The average molecular weight is 394 g/mol. The van der Waals surface area contributed by atoms with Crippen molar-refractivity contribution in [2.75, 3.05) is 19.1 Å². The van der Waals surface area contributed by atoms with Crippen LogP contribution in [0.4, 0.5) is 10.5 Å². The molecule has 2 aliphatic rings. The number of rotatable bonds is 5. The van der Waals surface area contributed by atoms with Gasteiger partial charge in [-0.05, 0) is 30.5 Å². The highest BCUT2D eigenvalue weighted by molar-refractivity contribution is 6.17. The molecule has 4 unspecified atom stereocenters. The predicted molar refractivity (Wildman–Crippen MR) is 109 cm³/mol. The monoisotopic (exact) mass is 394 g/mol. The third-order valence-electron chi connectivity index (χ3n) is 6.03. The largest absolute Gasteiger partial charge is 0.379 e. The molecule has 1 saturated carbocycles. The minimum absolute atomic E-state index is 0.150. The Morgan fingerprint density at radius 2 is 1.45 bits per heavy atom. The van der Waals surface area contributed by atoms with Crippen molar-refractivity contribution in [3.8, 4) is 0 Å². The molecule has 1 saturated heterocycles. The van der Waals surface area contributed by atoms with Gasteiger partial charge in [0, 0.05) is 26.8 Å². The van der Waals surface area contributed by atoms with E-state index in [1.54, 1.807) is 26.4 Å². The minimum atomic E-state index is -0.326. The number of amides is 3. The molecule has 6 nitrogen and oxygen atoms in total. The highest BCUT2D eigenvalue weighted by Crippen LogP contribution is 2.39. The van der Waals surface area contributed by atoms with Crippen molar-refractivity contribution >= 4 is 17.6 Å². The van der Waals surface area contributed by atoms with Crippen LogP contribution in [0.15, 0.2) is 60.7 Å². The fraction of sp³-hybridized carbons (Fsp3) is 0.391. The van der Waals surface area contributed by atoms with E-state index in [9.17, 15) is 9.59 Å². The lowest BCUT2D eigenvalue weighted by Gasteiger charge is -2.49. The Labute approximate surface area is 171 Å². The van der Waals surface area contributed by atoms with Gasteiger partial charge in [0.15, 0.2) is 0 Å². The Bertz CT molecular complexity index is 858. The Balaban J connectivity index is 1.72. The number of methoxy groups -OCH3 is 2. The molecule has 0 N–H and O–H groups in total. The maximum Gasteiger partial charge on any atom is 0.331 e. The van der Waals surface area contributed by atoms with Crippen molar-refractivity contribution in [3.05, 3.63) is 66.2 Å². The fourth-order valence-electron chi connectivity index (χ4n) is 4.53. The molecule has 2 aromatic carbocycles. The second kappa shape index (κ2) is 8.35. The second-order valence-electron chi connectivity index (χ2n) is 7.60. The van der Waals surface area contributed by atoms with E-state index in [0.717, 1.165) is 5.56 Å². The van der Waals surface area contributed by atoms with E-state index < -0.39 is 0 Å². The molecule has 6 heteroatoms. The van der Waals surface area contributed by atoms with Gasteiger partial charge in [-0.15, -0.1) is 0 Å². The first-order chi connectivity index (χ1) is 14.1. The summed E-state index contributed by atoms with van der Waals surface area (Å²) in [5.74, 6) is -0.486. The lowest BCUT2D eigenvalue weighted by Crippen LogP contribution is -2.65. The third-order valence-corrected chi connectivity index (χ3v) is 6.03. The van der Waals surface area contributed by atoms with Crippen LogP contribution in [-0.2, 0) is 20.8 Å². The van der Waals surface area contributed by atoms with E-state index in [0.29, 0.717) is 25.1 Å². The zero-order chi connectivity index (χ0) is 20.4. The van der Waals surface area contributed by atoms with Crippen molar-refractivity contribution in [2.24, 2.45) is 5.92 Å². The number of carbonyl (C=O) groups excluding carboxylic acids is 2. The van der Waals surface area contributed by atoms with Gasteiger partial charge in [0.05, 0.1) is 23.8 Å². The van der Waals surface area contributed by atoms with Crippen LogP contribution in [0.1, 0.15) is 18.4 Å². The SMILES string of the molecule is COC1CC2C(=O)N(c3ccccc3)C(=O)N(Cc3ccccc3)C2CC1OC. The molecule has 2 fully saturated rings. The van der Waals surface area contributed by atoms with Crippen LogP contribution in [0.25, 0.3) is 0 Å². The van der Waals surface area contributed by atoms with Gasteiger partial charge in [-0.1, -0.05) is 48.5 Å². The number of benzene rings is 2. The van der Waals surface area contributed by atoms with E-state index in [-0.39, 0.29) is 36.1 Å². The van der Waals surface area contributed by atoms with Gasteiger partial charge in [-0.25, -0.2) is 9.69 Å². The van der Waals surface area contributed by atoms with Crippen molar-refractivity contribution in [3.63, 3.8) is 0 Å². The quantitative estimate of drug-likeness (QED) is 0.779. The van der Waals surface area contributed by atoms with Crippen molar-refractivity contribution < 1.29 is 19.1 Å². The van der Waals surface area contributed by atoms with E-state index in [2.05, 4.69) is 0 Å². The number of anilines is 1. The molecule has 152 valence electrons. The van der Waals surface area contributed by atoms with Crippen molar-refractivity contribution in [1.29, 1.82) is 0 Å². The van der Waals surface area contributed by atoms with Crippen LogP contribution in [-0.4, -0.2) is 49.3 Å². The summed E-state index contributed by atoms with van der Waals surface area (Å²) in [5.41, 5.74) is 1.63. The summed E-state index contributed by atoms with van der Waals surface area (Å²) in [7, 11) is 3.30. The molecular formula is C23H26N2O4. The van der Waals surface area contributed by atoms with Gasteiger partial charge < -0.3 is 14.4 Å². The fourth-order valence-corrected chi connectivity index (χ4v) is 4.53. The van der Waals surface area contributed by atoms with Crippen LogP contribution in [0, 0.1) is 5.92 Å². The van der Waals surface area contributed by atoms with Crippen molar-refractivity contribution in [1.82, 2.24) is 4.90 Å². The summed E-state index contributed by atoms with van der Waals surface area (Å²) in [5, 5.41) is 0. The topological polar surface area (TPSA) is 59.1 Å². The first-order valence-electron chi connectivity index (χ1n) is 9.93. The smallest absolute Gasteiger partial charge is 0.331 e. The average Bonchev–Trinajstić information content (AvgIpc) is 2.77. The summed E-state index contributed by atoms with van der Waals surface area (Å²) >= 11 is 0. The third kappa shape index (κ3) is 3.66. The first-order valence-corrected chi connectivity index (χ1v) is 9.93. The molecule has 3 amide bonds. The molecule has 4 rings (SSSR count). The van der Waals surface area contributed by atoms with Crippen LogP contribution in [0.3, 0.4) is 0 Å². The number of carbonyl (C=O) groups is 2. The lowest BCUT2D eigenvalue weighted by molar-refractivity contribution is -0.137. The maximum absolute atomic E-state index is 13.5. The number of fused-ring (bicyclic) bond motifs is 1. The molecule has 1 aliphatic heterocycles. The number of para-hydroxylation sites is 1. The van der Waals surface area contributed by atoms with Crippen molar-refractivity contribution in [2.45, 2.75) is 37.6 Å². The maximum atomic E-state index is 13.5. The number of nitrogens with zero attached hydrogens (tertiary/aromatic N) is 2. The number of hydrogen-bond acceptors (Lipinski definition) is 4. The Kier molecular flexibility index (Phi) is 5.65. The Hall–Kier alpha value is -2.70. The van der Waals surface area contributed by atoms with Gasteiger partial charge in [-0.3, -0.25) is 4.79 Å². The molecule has 4 atom stereocenters. The second-order valence-corrected chi connectivity index (χ2v) is 7.60. The van der Waals surface area contributed by atoms with Gasteiger partial charge in [0.1, 0.15) is 0 Å². The van der Waals surface area contributed by atoms with Crippen LogP contribution < -0.4 is 4.90 Å². The molecule has 0 spiro atoms. The summed E-state index contributed by atoms with van der Waals surface area (Å²) in [6, 6.07) is 18.5. The van der Waals surface area contributed by atoms with Gasteiger partial charge in [0.2, 0.25) is 5.91 Å². The Morgan fingerprint density at radius 1 is 0.862 bits per heavy atom. The number of urea groups is 1. The van der Waals surface area contributed by atoms with Gasteiger partial charge >= 0.3 is 6.03 Å². The standard InChI is InChI=1S/C23H26N2O4/c1-28-20-13-18-19(14-21(20)29-2)24(15-16-9-5-3-6-10-16)23(27)25(22(18)26)17-11-7-4-8-12-17/h3-12,18-21H,13-15H2,1-2H3. The molecular weight excluding hydrogens is 368 g/mol. The van der Waals surface area contributed by atoms with E-state index in [1.807, 2.05) is 53.4 Å². The number of ether oxygens (including phenoxy) is 2. The summed E-state index contributed by atoms with van der Waals surface area (Å²) < 4.78 is 11.3. The van der Waals surface area contributed by atoms with E-state index in [4.69, 9.17) is 9.47 Å². The molecule has 0 radical (unpaired) electrons. The highest BCUT2D eigenvalue weighted by Gasteiger charge is 2.51. The number of hydrogen-bond donors (Lipinski definition) is 0. The molecule has 0 bridgehead atoms. The van der Waals surface area contributed by atoms with Gasteiger partial charge in [0.25, 0.3) is 0 Å². The van der Waals surface area contributed by atoms with Crippen LogP contribution >= 0.6 is 0 Å². The van der Waals surface area contributed by atoms with E-state index >= 15 is 0 Å². The lowest BCUT2D eigenvalue weighted by atomic mass is 9.77. The highest BCUT2D eigenvalue weighted by atomic mass is 16.5. The minimum Gasteiger partial charge on any atom is -0.379 e. The normalized spacial score (nSPS) is 27.1. The zero-order valence-electron chi connectivity index (χ0n) is 16.7. The molecule has 29 heavy (non-hydrogen) atoms. The molecule has 2 aromatic rings. The Morgan fingerprint density at radius 3 is 2.07 bits per heavy atom. The summed E-state index contributed by atoms with van der Waals surface area (Å²) in [6.45, 7) is 0.450. The number of imide groups is 1. The first kappa shape index (κ1) is 19.6. The predicted octanol–water partition coefficient (Wildman–Crippen LogP) is 3.46. The molecule has 1 heterocycles. The van der Waals surface area contributed by atoms with Crippen LogP contribution in [0.5, 0.6) is 0 Å². The zero-order valence-corrected chi connectivity index (χ0v) is 16.7. The van der Waals surface area contributed by atoms with E-state index in [1.165, 1.54) is 4.90 Å².